The highest BCUT2D eigenvalue weighted by Crippen LogP contribution is 2.20. The van der Waals surface area contributed by atoms with Crippen molar-refractivity contribution < 1.29 is 37.4 Å². The Labute approximate surface area is 181 Å². The maximum atomic E-state index is 12.2. The fourth-order valence-corrected chi connectivity index (χ4v) is 2.42. The van der Waals surface area contributed by atoms with Gasteiger partial charge in [0.25, 0.3) is 0 Å². The van der Waals surface area contributed by atoms with Gasteiger partial charge >= 0.3 is 18.1 Å². The monoisotopic (exact) mass is 445 g/mol. The Morgan fingerprint density at radius 2 is 1.25 bits per heavy atom. The first-order chi connectivity index (χ1) is 15.1. The second kappa shape index (κ2) is 10.9. The largest absolute Gasteiger partial charge is 0.490 e. The van der Waals surface area contributed by atoms with Crippen LogP contribution in [-0.2, 0) is 4.79 Å². The van der Waals surface area contributed by atoms with Crippen LogP contribution in [0, 0.1) is 0 Å². The van der Waals surface area contributed by atoms with Crippen LogP contribution in [0.15, 0.2) is 78.9 Å². The Kier molecular flexibility index (Phi) is 8.25. The van der Waals surface area contributed by atoms with E-state index in [4.69, 9.17) is 20.4 Å². The van der Waals surface area contributed by atoms with Gasteiger partial charge in [-0.3, -0.25) is 4.79 Å². The highest BCUT2D eigenvalue weighted by molar-refractivity contribution is 5.97. The number of hydrogen-bond acceptors (Lipinski definition) is 5. The molecule has 0 radical (unpaired) electrons. The summed E-state index contributed by atoms with van der Waals surface area (Å²) in [5.41, 5.74) is 8.39. The highest BCUT2D eigenvalue weighted by Gasteiger charge is 2.38. The van der Waals surface area contributed by atoms with E-state index in [9.17, 15) is 22.8 Å². The molecule has 0 aromatic heterocycles. The van der Waals surface area contributed by atoms with Crippen molar-refractivity contribution in [2.24, 2.45) is 5.73 Å². The molecule has 0 amide bonds. The standard InChI is InChI=1S/C21H17NO3.C2HF3O2/c22-14-20(23)17-10-12-19(13-11-17)25-21(24)18-8-6-16(7-9-18)15-4-2-1-3-5-15;3-2(4,5)1(6)7/h1-13H,14,22H2;(H,6,7). The molecule has 3 rings (SSSR count). The summed E-state index contributed by atoms with van der Waals surface area (Å²) in [6.45, 7) is -0.0487. The van der Waals surface area contributed by atoms with E-state index >= 15 is 0 Å². The van der Waals surface area contributed by atoms with E-state index < -0.39 is 18.1 Å². The van der Waals surface area contributed by atoms with Crippen molar-refractivity contribution >= 4 is 17.7 Å². The number of carboxylic acid groups (broad SMARTS) is 1. The van der Waals surface area contributed by atoms with E-state index in [0.717, 1.165) is 11.1 Å². The minimum absolute atomic E-state index is 0.0487. The number of nitrogens with two attached hydrogens (primary N) is 1. The van der Waals surface area contributed by atoms with Crippen molar-refractivity contribution in [3.05, 3.63) is 90.0 Å². The smallest absolute Gasteiger partial charge is 0.475 e. The van der Waals surface area contributed by atoms with Crippen molar-refractivity contribution in [1.82, 2.24) is 0 Å². The Morgan fingerprint density at radius 3 is 1.72 bits per heavy atom. The number of carbonyl (C=O) groups excluding carboxylic acids is 2. The zero-order valence-electron chi connectivity index (χ0n) is 16.5. The van der Waals surface area contributed by atoms with Gasteiger partial charge in [0.2, 0.25) is 0 Å². The number of ketones is 1. The van der Waals surface area contributed by atoms with Gasteiger partial charge in [-0.1, -0.05) is 42.5 Å². The van der Waals surface area contributed by atoms with Crippen LogP contribution < -0.4 is 10.5 Å². The molecule has 0 aliphatic rings. The lowest BCUT2D eigenvalue weighted by molar-refractivity contribution is -0.192. The fourth-order valence-electron chi connectivity index (χ4n) is 2.42. The number of hydrogen-bond donors (Lipinski definition) is 2. The molecule has 0 aliphatic heterocycles. The molecular formula is C23H18F3NO5. The molecule has 9 heteroatoms. The van der Waals surface area contributed by atoms with Gasteiger partial charge in [-0.15, -0.1) is 0 Å². The Bertz CT molecular complexity index is 1060. The van der Waals surface area contributed by atoms with Crippen LogP contribution in [-0.4, -0.2) is 35.5 Å². The number of Topliss-reactive ketones (excluding diaryl/α,β-unsaturated/α-hetero) is 1. The maximum absolute atomic E-state index is 12.2. The Hall–Kier alpha value is -3.98. The van der Waals surface area contributed by atoms with Crippen molar-refractivity contribution in [2.45, 2.75) is 6.18 Å². The summed E-state index contributed by atoms with van der Waals surface area (Å²) in [6, 6.07) is 23.5. The summed E-state index contributed by atoms with van der Waals surface area (Å²) in [6.07, 6.45) is -5.08. The average Bonchev–Trinajstić information content (AvgIpc) is 2.79. The number of halogens is 3. The van der Waals surface area contributed by atoms with Crippen molar-refractivity contribution in [3.63, 3.8) is 0 Å². The number of rotatable bonds is 5. The van der Waals surface area contributed by atoms with Crippen LogP contribution in [0.2, 0.25) is 0 Å². The van der Waals surface area contributed by atoms with E-state index in [1.165, 1.54) is 0 Å². The van der Waals surface area contributed by atoms with E-state index in [1.54, 1.807) is 36.4 Å². The number of alkyl halides is 3. The molecule has 0 saturated carbocycles. The molecule has 0 unspecified atom stereocenters. The number of aliphatic carboxylic acids is 1. The molecule has 0 bridgehead atoms. The number of carbonyl (C=O) groups is 3. The summed E-state index contributed by atoms with van der Waals surface area (Å²) in [5.74, 6) is -2.98. The SMILES string of the molecule is NCC(=O)c1ccc(OC(=O)c2ccc(-c3ccccc3)cc2)cc1.O=C(O)C(F)(F)F. The van der Waals surface area contributed by atoms with Gasteiger partial charge in [-0.25, -0.2) is 9.59 Å². The number of carboxylic acids is 1. The molecule has 3 N–H and O–H groups in total. The van der Waals surface area contributed by atoms with Gasteiger partial charge in [0.1, 0.15) is 5.75 Å². The van der Waals surface area contributed by atoms with Crippen LogP contribution in [0.3, 0.4) is 0 Å². The van der Waals surface area contributed by atoms with E-state index in [1.807, 2.05) is 42.5 Å². The van der Waals surface area contributed by atoms with Crippen LogP contribution >= 0.6 is 0 Å². The minimum atomic E-state index is -5.08. The minimum Gasteiger partial charge on any atom is -0.475 e. The predicted octanol–water partition coefficient (Wildman–Crippen LogP) is 4.35. The van der Waals surface area contributed by atoms with Crippen LogP contribution in [0.4, 0.5) is 13.2 Å². The molecule has 0 aliphatic carbocycles. The van der Waals surface area contributed by atoms with Gasteiger partial charge in [-0.2, -0.15) is 13.2 Å². The van der Waals surface area contributed by atoms with Gasteiger partial charge in [0.05, 0.1) is 12.1 Å². The molecule has 0 fully saturated rings. The topological polar surface area (TPSA) is 107 Å². The third kappa shape index (κ3) is 7.06. The van der Waals surface area contributed by atoms with Gasteiger partial charge in [-0.05, 0) is 47.5 Å². The third-order valence-electron chi connectivity index (χ3n) is 4.04. The Morgan fingerprint density at radius 1 is 0.781 bits per heavy atom. The maximum Gasteiger partial charge on any atom is 0.490 e. The molecular weight excluding hydrogens is 427 g/mol. The highest BCUT2D eigenvalue weighted by atomic mass is 19.4. The number of benzene rings is 3. The molecule has 3 aromatic carbocycles. The third-order valence-corrected chi connectivity index (χ3v) is 4.04. The van der Waals surface area contributed by atoms with Crippen molar-refractivity contribution in [2.75, 3.05) is 6.54 Å². The Balaban J connectivity index is 0.000000451. The van der Waals surface area contributed by atoms with Crippen LogP contribution in [0.5, 0.6) is 5.75 Å². The first kappa shape index (κ1) is 24.3. The second-order valence-corrected chi connectivity index (χ2v) is 6.29. The summed E-state index contributed by atoms with van der Waals surface area (Å²) in [5, 5.41) is 7.12. The first-order valence-electron chi connectivity index (χ1n) is 9.13. The zero-order valence-corrected chi connectivity index (χ0v) is 16.5. The molecule has 3 aromatic rings. The molecule has 0 heterocycles. The second-order valence-electron chi connectivity index (χ2n) is 6.29. The lowest BCUT2D eigenvalue weighted by Gasteiger charge is -2.06. The predicted molar refractivity (Wildman–Crippen MR) is 110 cm³/mol. The lowest BCUT2D eigenvalue weighted by Crippen LogP contribution is -2.21. The van der Waals surface area contributed by atoms with Gasteiger partial charge in [0, 0.05) is 5.56 Å². The molecule has 166 valence electrons. The van der Waals surface area contributed by atoms with Crippen LogP contribution in [0.1, 0.15) is 20.7 Å². The zero-order chi connectivity index (χ0) is 23.7. The number of esters is 1. The molecule has 32 heavy (non-hydrogen) atoms. The van der Waals surface area contributed by atoms with E-state index in [2.05, 4.69) is 0 Å². The van der Waals surface area contributed by atoms with Gasteiger partial charge < -0.3 is 15.6 Å². The molecule has 0 saturated heterocycles. The summed E-state index contributed by atoms with van der Waals surface area (Å²) < 4.78 is 37.1. The van der Waals surface area contributed by atoms with Crippen molar-refractivity contribution in [1.29, 1.82) is 0 Å². The summed E-state index contributed by atoms with van der Waals surface area (Å²) in [7, 11) is 0. The number of ether oxygens (including phenoxy) is 1. The normalized spacial score (nSPS) is 10.5. The van der Waals surface area contributed by atoms with Crippen molar-refractivity contribution in [3.8, 4) is 16.9 Å². The quantitative estimate of drug-likeness (QED) is 0.344. The first-order valence-corrected chi connectivity index (χ1v) is 9.13. The molecule has 0 spiro atoms. The van der Waals surface area contributed by atoms with Crippen LogP contribution in [0.25, 0.3) is 11.1 Å². The molecule has 0 atom stereocenters. The molecule has 6 nitrogen and oxygen atoms in total. The lowest BCUT2D eigenvalue weighted by atomic mass is 10.0. The summed E-state index contributed by atoms with van der Waals surface area (Å²) in [4.78, 5) is 32.6. The van der Waals surface area contributed by atoms with Gasteiger partial charge in [0.15, 0.2) is 5.78 Å². The van der Waals surface area contributed by atoms with E-state index in [0.29, 0.717) is 16.9 Å². The fraction of sp³-hybridized carbons (Fsp3) is 0.0870. The van der Waals surface area contributed by atoms with E-state index in [-0.39, 0.29) is 12.3 Å². The summed E-state index contributed by atoms with van der Waals surface area (Å²) >= 11 is 0. The average molecular weight is 445 g/mol.